The number of rotatable bonds is 7. The predicted molar refractivity (Wildman–Crippen MR) is 134 cm³/mol. The second-order valence-corrected chi connectivity index (χ2v) is 10.4. The lowest BCUT2D eigenvalue weighted by atomic mass is 10.2. The Morgan fingerprint density at radius 3 is 2.36 bits per heavy atom. The molecule has 1 heterocycles. The number of hydrogen-bond acceptors (Lipinski definition) is 4. The maximum Gasteiger partial charge on any atom is 0.260 e. The summed E-state index contributed by atoms with van der Waals surface area (Å²) >= 11 is 12.4. The molecule has 0 saturated heterocycles. The summed E-state index contributed by atoms with van der Waals surface area (Å²) in [6.07, 6.45) is 2.57. The molecule has 0 atom stereocenters. The number of amides is 1. The van der Waals surface area contributed by atoms with Crippen molar-refractivity contribution in [3.8, 4) is 5.69 Å². The maximum absolute atomic E-state index is 12.4. The van der Waals surface area contributed by atoms with Gasteiger partial charge in [-0.1, -0.05) is 40.9 Å². The number of benzene rings is 2. The third-order valence-corrected chi connectivity index (χ3v) is 6.70. The van der Waals surface area contributed by atoms with Crippen LogP contribution in [0.25, 0.3) is 5.69 Å². The minimum atomic E-state index is -3.65. The van der Waals surface area contributed by atoms with E-state index in [1.54, 1.807) is 36.4 Å². The number of hydrazone groups is 1. The van der Waals surface area contributed by atoms with Crippen molar-refractivity contribution >= 4 is 51.0 Å². The molecule has 0 aliphatic carbocycles. The molecule has 0 radical (unpaired) electrons. The number of halogens is 2. The molecule has 174 valence electrons. The highest BCUT2D eigenvalue weighted by atomic mass is 35.5. The van der Waals surface area contributed by atoms with Crippen LogP contribution in [0.5, 0.6) is 0 Å². The molecule has 33 heavy (non-hydrogen) atoms. The Bertz CT molecular complexity index is 1320. The molecule has 7 nitrogen and oxygen atoms in total. The quantitative estimate of drug-likeness (QED) is 0.374. The number of carbonyl (C=O) groups excluding carboxylic acids is 1. The Balaban J connectivity index is 1.75. The number of carbonyl (C=O) groups is 1. The lowest BCUT2D eigenvalue weighted by Gasteiger charge is -2.21. The fourth-order valence-corrected chi connectivity index (χ4v) is 4.75. The van der Waals surface area contributed by atoms with Crippen molar-refractivity contribution in [2.75, 3.05) is 17.1 Å². The van der Waals surface area contributed by atoms with Crippen LogP contribution in [0.3, 0.4) is 0 Å². The average molecular weight is 507 g/mol. The van der Waals surface area contributed by atoms with Gasteiger partial charge in [0.25, 0.3) is 5.91 Å². The van der Waals surface area contributed by atoms with Crippen molar-refractivity contribution in [3.63, 3.8) is 0 Å². The van der Waals surface area contributed by atoms with E-state index in [0.29, 0.717) is 15.7 Å². The first-order valence-corrected chi connectivity index (χ1v) is 12.6. The van der Waals surface area contributed by atoms with E-state index < -0.39 is 22.5 Å². The van der Waals surface area contributed by atoms with Crippen molar-refractivity contribution in [1.29, 1.82) is 0 Å². The van der Waals surface area contributed by atoms with Crippen molar-refractivity contribution in [1.82, 2.24) is 9.99 Å². The minimum Gasteiger partial charge on any atom is -0.316 e. The summed E-state index contributed by atoms with van der Waals surface area (Å²) in [6.45, 7) is 5.34. The van der Waals surface area contributed by atoms with Crippen molar-refractivity contribution < 1.29 is 13.2 Å². The molecule has 3 aromatic rings. The summed E-state index contributed by atoms with van der Waals surface area (Å²) in [4.78, 5) is 12.4. The SMILES string of the molecule is Cc1ccc(N(CC(=O)N/N=C\c2cc(C)n(-c3ccc(Cl)cc3Cl)c2C)S(C)(=O)=O)cc1. The highest BCUT2D eigenvalue weighted by Crippen LogP contribution is 2.28. The smallest absolute Gasteiger partial charge is 0.260 e. The van der Waals surface area contributed by atoms with Crippen LogP contribution in [0.4, 0.5) is 5.69 Å². The molecule has 0 unspecified atom stereocenters. The van der Waals surface area contributed by atoms with Gasteiger partial charge in [0.15, 0.2) is 0 Å². The summed E-state index contributed by atoms with van der Waals surface area (Å²) in [5.74, 6) is -0.563. The number of hydrogen-bond donors (Lipinski definition) is 1. The summed E-state index contributed by atoms with van der Waals surface area (Å²) in [5.41, 5.74) is 7.14. The van der Waals surface area contributed by atoms with Crippen LogP contribution >= 0.6 is 23.2 Å². The van der Waals surface area contributed by atoms with Crippen LogP contribution < -0.4 is 9.73 Å². The van der Waals surface area contributed by atoms with Crippen LogP contribution in [0.1, 0.15) is 22.5 Å². The van der Waals surface area contributed by atoms with Gasteiger partial charge in [-0.05, 0) is 57.2 Å². The number of nitrogens with one attached hydrogen (secondary N) is 1. The zero-order valence-electron chi connectivity index (χ0n) is 18.6. The Hall–Kier alpha value is -2.81. The number of anilines is 1. The van der Waals surface area contributed by atoms with Gasteiger partial charge in [0.1, 0.15) is 6.54 Å². The molecule has 0 bridgehead atoms. The van der Waals surface area contributed by atoms with E-state index in [0.717, 1.165) is 38.8 Å². The van der Waals surface area contributed by atoms with Gasteiger partial charge in [0.2, 0.25) is 10.0 Å². The topological polar surface area (TPSA) is 83.8 Å². The molecule has 10 heteroatoms. The Labute approximate surface area is 203 Å². The van der Waals surface area contributed by atoms with Gasteiger partial charge in [0, 0.05) is 22.0 Å². The maximum atomic E-state index is 12.4. The first kappa shape index (κ1) is 24.8. The monoisotopic (exact) mass is 506 g/mol. The number of aryl methyl sites for hydroxylation is 2. The van der Waals surface area contributed by atoms with Crippen molar-refractivity contribution in [2.45, 2.75) is 20.8 Å². The van der Waals surface area contributed by atoms with Crippen LogP contribution in [0, 0.1) is 20.8 Å². The zero-order valence-corrected chi connectivity index (χ0v) is 21.0. The second kappa shape index (κ2) is 9.99. The van der Waals surface area contributed by atoms with E-state index in [1.165, 1.54) is 6.21 Å². The third-order valence-electron chi connectivity index (χ3n) is 5.02. The van der Waals surface area contributed by atoms with Crippen molar-refractivity contribution in [2.24, 2.45) is 5.10 Å². The van der Waals surface area contributed by atoms with Gasteiger partial charge in [-0.3, -0.25) is 9.10 Å². The molecule has 0 aliphatic heterocycles. The standard InChI is InChI=1S/C23H24Cl2N4O3S/c1-15-5-8-20(9-6-15)28(33(4,31)32)14-23(30)27-26-13-18-11-16(2)29(17(18)3)22-10-7-19(24)12-21(22)25/h5-13H,14H2,1-4H3,(H,27,30)/b26-13-. The first-order valence-electron chi connectivity index (χ1n) is 9.98. The molecule has 1 N–H and O–H groups in total. The summed E-state index contributed by atoms with van der Waals surface area (Å²) in [7, 11) is -3.65. The highest BCUT2D eigenvalue weighted by Gasteiger charge is 2.20. The molecular formula is C23H24Cl2N4O3S. The largest absolute Gasteiger partial charge is 0.316 e. The first-order chi connectivity index (χ1) is 15.5. The highest BCUT2D eigenvalue weighted by molar-refractivity contribution is 7.92. The Morgan fingerprint density at radius 1 is 1.09 bits per heavy atom. The van der Waals surface area contributed by atoms with Gasteiger partial charge in [-0.15, -0.1) is 0 Å². The van der Waals surface area contributed by atoms with Gasteiger partial charge in [-0.25, -0.2) is 13.8 Å². The normalized spacial score (nSPS) is 11.7. The fourth-order valence-electron chi connectivity index (χ4n) is 3.40. The molecule has 0 spiro atoms. The van der Waals surface area contributed by atoms with E-state index >= 15 is 0 Å². The molecule has 2 aromatic carbocycles. The third kappa shape index (κ3) is 5.96. The minimum absolute atomic E-state index is 0.390. The zero-order chi connectivity index (χ0) is 24.3. The van der Waals surface area contributed by atoms with Crippen LogP contribution in [0.15, 0.2) is 53.6 Å². The van der Waals surface area contributed by atoms with Crippen LogP contribution in [-0.2, 0) is 14.8 Å². The summed E-state index contributed by atoms with van der Waals surface area (Å²) in [6, 6.07) is 14.1. The van der Waals surface area contributed by atoms with E-state index in [9.17, 15) is 13.2 Å². The number of sulfonamides is 1. The van der Waals surface area contributed by atoms with Gasteiger partial charge in [-0.2, -0.15) is 5.10 Å². The Morgan fingerprint density at radius 2 is 1.76 bits per heavy atom. The lowest BCUT2D eigenvalue weighted by Crippen LogP contribution is -2.39. The van der Waals surface area contributed by atoms with E-state index in [2.05, 4.69) is 10.5 Å². The van der Waals surface area contributed by atoms with Gasteiger partial charge < -0.3 is 4.57 Å². The summed E-state index contributed by atoms with van der Waals surface area (Å²) < 4.78 is 27.4. The van der Waals surface area contributed by atoms with Crippen molar-refractivity contribution in [3.05, 3.63) is 81.1 Å². The predicted octanol–water partition coefficient (Wildman–Crippen LogP) is 4.63. The number of aromatic nitrogens is 1. The average Bonchev–Trinajstić information content (AvgIpc) is 3.00. The number of nitrogens with zero attached hydrogens (tertiary/aromatic N) is 3. The molecular weight excluding hydrogens is 483 g/mol. The molecule has 3 rings (SSSR count). The molecule has 1 amide bonds. The second-order valence-electron chi connectivity index (χ2n) is 7.66. The molecule has 1 aromatic heterocycles. The van der Waals surface area contributed by atoms with Gasteiger partial charge >= 0.3 is 0 Å². The molecule has 0 fully saturated rings. The van der Waals surface area contributed by atoms with E-state index in [4.69, 9.17) is 23.2 Å². The molecule has 0 saturated carbocycles. The van der Waals surface area contributed by atoms with E-state index in [1.807, 2.05) is 37.5 Å². The fraction of sp³-hybridized carbons (Fsp3) is 0.217. The van der Waals surface area contributed by atoms with Crippen LogP contribution in [-0.4, -0.2) is 37.9 Å². The summed E-state index contributed by atoms with van der Waals surface area (Å²) in [5, 5.41) is 5.07. The van der Waals surface area contributed by atoms with Gasteiger partial charge in [0.05, 0.1) is 28.9 Å². The van der Waals surface area contributed by atoms with Crippen LogP contribution in [0.2, 0.25) is 10.0 Å². The molecule has 0 aliphatic rings. The van der Waals surface area contributed by atoms with E-state index in [-0.39, 0.29) is 0 Å². The lowest BCUT2D eigenvalue weighted by molar-refractivity contribution is -0.119. The Kier molecular flexibility index (Phi) is 7.51.